The minimum atomic E-state index is -4.78. The maximum atomic E-state index is 12.4. The Morgan fingerprint density at radius 1 is 1.25 bits per heavy atom. The van der Waals surface area contributed by atoms with E-state index in [0.29, 0.717) is 17.9 Å². The number of nitrogens with zero attached hydrogens (tertiary/aromatic N) is 2. The number of piperidine rings is 2. The number of nitrogens with one attached hydrogen (secondary N) is 3. The van der Waals surface area contributed by atoms with Gasteiger partial charge in [0.05, 0.1) is 6.04 Å². The van der Waals surface area contributed by atoms with E-state index in [9.17, 15) is 18.0 Å². The number of hydrazine groups is 1. The maximum Gasteiger partial charge on any atom is 0.418 e. The van der Waals surface area contributed by atoms with E-state index in [2.05, 4.69) is 20.5 Å². The maximum absolute atomic E-state index is 12.4. The molecule has 0 radical (unpaired) electrons. The summed E-state index contributed by atoms with van der Waals surface area (Å²) < 4.78 is 34.8. The average molecular weight is 363 g/mol. The van der Waals surface area contributed by atoms with Crippen molar-refractivity contribution in [3.05, 3.63) is 0 Å². The number of fused-ring (bicyclic) bond motifs is 2. The van der Waals surface area contributed by atoms with Crippen molar-refractivity contribution in [1.29, 1.82) is 0 Å². The second kappa shape index (κ2) is 6.80. The van der Waals surface area contributed by atoms with Gasteiger partial charge in [-0.25, -0.2) is 10.2 Å². The van der Waals surface area contributed by atoms with Crippen molar-refractivity contribution in [3.8, 4) is 0 Å². The predicted molar refractivity (Wildman–Crippen MR) is 80.6 cm³/mol. The lowest BCUT2D eigenvalue weighted by Gasteiger charge is -2.30. The van der Waals surface area contributed by atoms with Gasteiger partial charge in [0.2, 0.25) is 0 Å². The molecule has 3 rings (SSSR count). The van der Waals surface area contributed by atoms with Crippen molar-refractivity contribution in [2.45, 2.75) is 43.8 Å². The van der Waals surface area contributed by atoms with Crippen molar-refractivity contribution < 1.29 is 26.8 Å². The Morgan fingerprint density at radius 2 is 1.96 bits per heavy atom. The molecule has 3 aliphatic heterocycles. The molecule has 2 bridgehead atoms. The van der Waals surface area contributed by atoms with Crippen LogP contribution in [0.2, 0.25) is 0 Å². The van der Waals surface area contributed by atoms with Crippen LogP contribution in [0.4, 0.5) is 4.79 Å². The van der Waals surface area contributed by atoms with Gasteiger partial charge in [0, 0.05) is 12.6 Å². The van der Waals surface area contributed by atoms with Gasteiger partial charge < -0.3 is 10.2 Å². The summed E-state index contributed by atoms with van der Waals surface area (Å²) in [6.45, 7) is 1.94. The zero-order valence-electron chi connectivity index (χ0n) is 13.0. The third kappa shape index (κ3) is 3.78. The number of hydrogen-bond donors (Lipinski definition) is 4. The fraction of sp³-hybridized carbons (Fsp3) is 0.833. The number of carbonyl (C=O) groups excluding carboxylic acids is 2. The fourth-order valence-electron chi connectivity index (χ4n) is 3.33. The van der Waals surface area contributed by atoms with Crippen LogP contribution in [0.15, 0.2) is 0 Å². The van der Waals surface area contributed by atoms with Gasteiger partial charge in [-0.05, 0) is 38.8 Å². The molecule has 3 heterocycles. The van der Waals surface area contributed by atoms with Crippen LogP contribution in [0.25, 0.3) is 0 Å². The lowest BCUT2D eigenvalue weighted by Crippen LogP contribution is -2.56. The molecule has 2 atom stereocenters. The zero-order chi connectivity index (χ0) is 17.3. The molecule has 0 aliphatic carbocycles. The fourth-order valence-corrected chi connectivity index (χ4v) is 3.72. The molecular formula is C12H21N5O6S. The average Bonchev–Trinajstić information content (AvgIpc) is 2.77. The van der Waals surface area contributed by atoms with E-state index >= 15 is 0 Å². The van der Waals surface area contributed by atoms with Crippen molar-refractivity contribution in [3.63, 3.8) is 0 Å². The number of carbonyl (C=O) groups is 2. The molecular weight excluding hydrogens is 342 g/mol. The molecule has 0 saturated carbocycles. The van der Waals surface area contributed by atoms with Crippen LogP contribution < -0.4 is 16.2 Å². The molecule has 136 valence electrons. The number of urea groups is 1. The second-order valence-corrected chi connectivity index (χ2v) is 7.17. The van der Waals surface area contributed by atoms with Crippen LogP contribution in [0.3, 0.4) is 0 Å². The van der Waals surface area contributed by atoms with Crippen LogP contribution >= 0.6 is 0 Å². The standard InChI is InChI=1S/C12H21N5O6S/c18-11(15-14-8-3-5-13-6-4-8)10-2-1-9-7-16(10)12(19)17(9)23-24(20,21)22/h8-10,13-14H,1-7H2,(H,15,18)(H,20,21,22)/t9?,10-/m0/s1. The Hall–Kier alpha value is -1.47. The monoisotopic (exact) mass is 363 g/mol. The molecule has 11 nitrogen and oxygen atoms in total. The first-order valence-electron chi connectivity index (χ1n) is 7.88. The minimum absolute atomic E-state index is 0.180. The van der Waals surface area contributed by atoms with Gasteiger partial charge in [-0.3, -0.25) is 14.8 Å². The van der Waals surface area contributed by atoms with Crippen LogP contribution in [0.5, 0.6) is 0 Å². The molecule has 0 spiro atoms. The Kier molecular flexibility index (Phi) is 4.92. The van der Waals surface area contributed by atoms with Crippen molar-refractivity contribution >= 4 is 22.3 Å². The van der Waals surface area contributed by atoms with E-state index in [1.165, 1.54) is 4.90 Å². The molecule has 3 amide bonds. The van der Waals surface area contributed by atoms with Gasteiger partial charge in [0.25, 0.3) is 5.91 Å². The summed E-state index contributed by atoms with van der Waals surface area (Å²) >= 11 is 0. The van der Waals surface area contributed by atoms with Gasteiger partial charge in [-0.15, -0.1) is 4.28 Å². The summed E-state index contributed by atoms with van der Waals surface area (Å²) in [6.07, 6.45) is 2.59. The Balaban J connectivity index is 1.58. The lowest BCUT2D eigenvalue weighted by molar-refractivity contribution is -0.127. The number of hydrogen-bond acceptors (Lipinski definition) is 7. The molecule has 4 N–H and O–H groups in total. The molecule has 0 aromatic rings. The highest BCUT2D eigenvalue weighted by atomic mass is 32.3. The van der Waals surface area contributed by atoms with Gasteiger partial charge in [-0.1, -0.05) is 0 Å². The molecule has 12 heteroatoms. The van der Waals surface area contributed by atoms with E-state index in [4.69, 9.17) is 4.55 Å². The van der Waals surface area contributed by atoms with Crippen LogP contribution in [-0.2, 0) is 19.5 Å². The lowest BCUT2D eigenvalue weighted by atomic mass is 10.0. The third-order valence-corrected chi connectivity index (χ3v) is 4.89. The van der Waals surface area contributed by atoms with Crippen molar-refractivity contribution in [2.75, 3.05) is 19.6 Å². The van der Waals surface area contributed by atoms with E-state index in [1.54, 1.807) is 0 Å². The van der Waals surface area contributed by atoms with Crippen LogP contribution in [0, 0.1) is 0 Å². The minimum Gasteiger partial charge on any atom is -0.317 e. The van der Waals surface area contributed by atoms with Crippen LogP contribution in [0.1, 0.15) is 25.7 Å². The van der Waals surface area contributed by atoms with Gasteiger partial charge in [0.1, 0.15) is 6.04 Å². The summed E-state index contributed by atoms with van der Waals surface area (Å²) in [6, 6.07) is -1.75. The smallest absolute Gasteiger partial charge is 0.317 e. The van der Waals surface area contributed by atoms with Crippen molar-refractivity contribution in [1.82, 2.24) is 26.1 Å². The summed E-state index contributed by atoms with van der Waals surface area (Å²) in [7, 11) is -4.78. The topological polar surface area (TPSA) is 140 Å². The van der Waals surface area contributed by atoms with Gasteiger partial charge >= 0.3 is 16.4 Å². The molecule has 3 saturated heterocycles. The molecule has 0 aromatic heterocycles. The predicted octanol–water partition coefficient (Wildman–Crippen LogP) is -1.64. The third-order valence-electron chi connectivity index (χ3n) is 4.54. The van der Waals surface area contributed by atoms with Crippen molar-refractivity contribution in [2.24, 2.45) is 0 Å². The summed E-state index contributed by atoms with van der Waals surface area (Å²) in [5.74, 6) is -0.339. The SMILES string of the molecule is O=C(NNC1CCNCC1)[C@@H]1CCC2CN1C(=O)N2OS(=O)(=O)O. The van der Waals surface area contributed by atoms with E-state index < -0.39 is 28.5 Å². The highest BCUT2D eigenvalue weighted by Gasteiger charge is 2.49. The number of rotatable bonds is 5. The van der Waals surface area contributed by atoms with E-state index in [0.717, 1.165) is 25.9 Å². The van der Waals surface area contributed by atoms with E-state index in [-0.39, 0.29) is 18.5 Å². The largest absolute Gasteiger partial charge is 0.418 e. The molecule has 1 unspecified atom stereocenters. The first-order valence-corrected chi connectivity index (χ1v) is 9.24. The first kappa shape index (κ1) is 17.4. The molecule has 3 aliphatic rings. The van der Waals surface area contributed by atoms with Gasteiger partial charge in [0.15, 0.2) is 0 Å². The highest BCUT2D eigenvalue weighted by Crippen LogP contribution is 2.30. The highest BCUT2D eigenvalue weighted by molar-refractivity contribution is 7.80. The molecule has 24 heavy (non-hydrogen) atoms. The number of amides is 3. The van der Waals surface area contributed by atoms with Crippen LogP contribution in [-0.4, -0.2) is 72.6 Å². The Morgan fingerprint density at radius 3 is 2.62 bits per heavy atom. The first-order chi connectivity index (χ1) is 11.3. The summed E-state index contributed by atoms with van der Waals surface area (Å²) in [5, 5.41) is 3.85. The second-order valence-electron chi connectivity index (χ2n) is 6.17. The Bertz CT molecular complexity index is 607. The summed E-state index contributed by atoms with van der Waals surface area (Å²) in [5.41, 5.74) is 5.63. The summed E-state index contributed by atoms with van der Waals surface area (Å²) in [4.78, 5) is 25.8. The number of hydroxylamine groups is 2. The molecule has 3 fully saturated rings. The zero-order valence-corrected chi connectivity index (χ0v) is 13.8. The normalized spacial score (nSPS) is 28.3. The Labute approximate surface area is 139 Å². The quantitative estimate of drug-likeness (QED) is 0.337. The van der Waals surface area contributed by atoms with E-state index in [1.807, 2.05) is 0 Å². The molecule has 0 aromatic carbocycles. The van der Waals surface area contributed by atoms with Gasteiger partial charge in [-0.2, -0.15) is 13.5 Å².